The summed E-state index contributed by atoms with van der Waals surface area (Å²) < 4.78 is 24.7. The molecule has 5 atom stereocenters. The summed E-state index contributed by atoms with van der Waals surface area (Å²) in [6, 6.07) is 25.9. The van der Waals surface area contributed by atoms with E-state index in [-0.39, 0.29) is 53.7 Å². The molecule has 4 aliphatic rings. The Balaban J connectivity index is 1.30. The van der Waals surface area contributed by atoms with Gasteiger partial charge in [-0.15, -0.1) is 0 Å². The molecule has 5 aromatic rings. The summed E-state index contributed by atoms with van der Waals surface area (Å²) in [6.45, 7) is 1.52. The number of nitrogens with zero attached hydrogens (tertiary/aromatic N) is 1. The van der Waals surface area contributed by atoms with Crippen LogP contribution in [0.2, 0.25) is 0 Å². The van der Waals surface area contributed by atoms with Gasteiger partial charge in [-0.2, -0.15) is 0 Å². The van der Waals surface area contributed by atoms with E-state index >= 15 is 0 Å². The number of aromatic nitrogens is 1. The summed E-state index contributed by atoms with van der Waals surface area (Å²) in [5.74, 6) is 8.75. The lowest BCUT2D eigenvalue weighted by atomic mass is 9.64. The summed E-state index contributed by atoms with van der Waals surface area (Å²) in [5.41, 5.74) is 15.7. The predicted molar refractivity (Wildman–Crippen MR) is 217 cm³/mol. The van der Waals surface area contributed by atoms with E-state index in [2.05, 4.69) is 54.3 Å². The van der Waals surface area contributed by atoms with Crippen molar-refractivity contribution in [3.63, 3.8) is 0 Å². The Labute approximate surface area is 332 Å². The van der Waals surface area contributed by atoms with Crippen molar-refractivity contribution in [3.05, 3.63) is 124 Å². The van der Waals surface area contributed by atoms with E-state index in [1.54, 1.807) is 19.2 Å². The van der Waals surface area contributed by atoms with E-state index in [1.807, 2.05) is 24.3 Å². The van der Waals surface area contributed by atoms with Gasteiger partial charge in [-0.3, -0.25) is 4.79 Å². The molecule has 1 aromatic heterocycles. The summed E-state index contributed by atoms with van der Waals surface area (Å²) >= 11 is 0. The van der Waals surface area contributed by atoms with E-state index in [0.29, 0.717) is 29.4 Å². The van der Waals surface area contributed by atoms with E-state index in [9.17, 15) is 15.0 Å². The standard InChI is InChI=1S/C48H46N2O7/c1-27(51)56-26-38-35-14-15-36-44-31(20-32(52)22-42(44)55-3)25-48-19-18-30(24-48)33(13-12-28-8-5-4-6-9-28)34-16-17-43(49)50-39(34)11-7-10-29-21-40(53)41(54-2)23-37(29)46(38)57-47(35)45(36)48/h4-6,8-9,14-17,20-23,30,33,38,46,52-53H,10,12-13,18-19,24-26H2,1-3H3,(H2,49,50)/t30-,33+,38+,46+,48-/m0/s1. The van der Waals surface area contributed by atoms with Crippen LogP contribution in [0.25, 0.3) is 11.1 Å². The van der Waals surface area contributed by atoms with Crippen LogP contribution < -0.4 is 19.9 Å². The Morgan fingerprint density at radius 1 is 0.947 bits per heavy atom. The van der Waals surface area contributed by atoms with Gasteiger partial charge in [0.2, 0.25) is 0 Å². The summed E-state index contributed by atoms with van der Waals surface area (Å²) in [4.78, 5) is 17.2. The molecule has 0 amide bonds. The highest BCUT2D eigenvalue weighted by Gasteiger charge is 2.52. The minimum atomic E-state index is -0.584. The van der Waals surface area contributed by atoms with Gasteiger partial charge in [0, 0.05) is 47.1 Å². The number of phenolic OH excluding ortho intramolecular Hbond substituents is 2. The van der Waals surface area contributed by atoms with E-state index in [4.69, 9.17) is 29.7 Å². The van der Waals surface area contributed by atoms with Crippen molar-refractivity contribution >= 4 is 11.8 Å². The summed E-state index contributed by atoms with van der Waals surface area (Å²) in [6.07, 6.45) is 4.90. The first kappa shape index (κ1) is 36.5. The third-order valence-corrected chi connectivity index (χ3v) is 12.8. The molecule has 290 valence electrons. The molecular formula is C48H46N2O7. The number of esters is 1. The molecule has 57 heavy (non-hydrogen) atoms. The number of anilines is 1. The second kappa shape index (κ2) is 14.4. The van der Waals surface area contributed by atoms with Crippen molar-refractivity contribution in [1.29, 1.82) is 0 Å². The number of aryl methyl sites for hydroxylation is 1. The number of carbonyl (C=O) groups excluding carboxylic acids is 1. The number of rotatable bonds is 7. The van der Waals surface area contributed by atoms with Gasteiger partial charge in [-0.05, 0) is 108 Å². The van der Waals surface area contributed by atoms with Gasteiger partial charge < -0.3 is 34.9 Å². The fourth-order valence-electron chi connectivity index (χ4n) is 10.3. The molecule has 1 spiro atoms. The highest BCUT2D eigenvalue weighted by molar-refractivity contribution is 5.84. The van der Waals surface area contributed by atoms with Crippen LogP contribution in [0.1, 0.15) is 95.2 Å². The molecule has 1 saturated carbocycles. The average molecular weight is 763 g/mol. The number of methoxy groups -OCH3 is 2. The molecular weight excluding hydrogens is 717 g/mol. The molecule has 2 aliphatic heterocycles. The molecule has 0 radical (unpaired) electrons. The number of pyridine rings is 1. The zero-order chi connectivity index (χ0) is 39.4. The molecule has 2 aliphatic carbocycles. The van der Waals surface area contributed by atoms with Crippen LogP contribution in [0.4, 0.5) is 5.82 Å². The number of benzene rings is 4. The maximum atomic E-state index is 12.4. The first-order valence-corrected chi connectivity index (χ1v) is 19.7. The quantitative estimate of drug-likeness (QED) is 0.110. The fourth-order valence-corrected chi connectivity index (χ4v) is 10.3. The molecule has 1 fully saturated rings. The highest BCUT2D eigenvalue weighted by Crippen LogP contribution is 2.63. The third-order valence-electron chi connectivity index (χ3n) is 12.8. The topological polar surface area (TPSA) is 133 Å². The molecule has 9 nitrogen and oxygen atoms in total. The first-order chi connectivity index (χ1) is 27.7. The fraction of sp³-hybridized carbons (Fsp3) is 0.333. The number of phenols is 2. The molecule has 0 unspecified atom stereocenters. The van der Waals surface area contributed by atoms with Crippen molar-refractivity contribution < 1.29 is 34.0 Å². The predicted octanol–water partition coefficient (Wildman–Crippen LogP) is 8.46. The van der Waals surface area contributed by atoms with Gasteiger partial charge in [-0.1, -0.05) is 54.5 Å². The van der Waals surface area contributed by atoms with Crippen LogP contribution in [-0.4, -0.2) is 42.0 Å². The lowest BCUT2D eigenvalue weighted by Crippen LogP contribution is -2.31. The van der Waals surface area contributed by atoms with Gasteiger partial charge in [0.25, 0.3) is 0 Å². The van der Waals surface area contributed by atoms with Crippen LogP contribution in [0.3, 0.4) is 0 Å². The summed E-state index contributed by atoms with van der Waals surface area (Å²) in [5, 5.41) is 22.1. The second-order valence-corrected chi connectivity index (χ2v) is 16.0. The minimum absolute atomic E-state index is 0.00708. The van der Waals surface area contributed by atoms with Crippen LogP contribution in [0, 0.1) is 17.8 Å². The minimum Gasteiger partial charge on any atom is -0.508 e. The van der Waals surface area contributed by atoms with Crippen molar-refractivity contribution in [2.75, 3.05) is 26.6 Å². The average Bonchev–Trinajstić information content (AvgIpc) is 3.79. The number of carbonyl (C=O) groups is 1. The molecule has 9 heteroatoms. The Hall–Kier alpha value is -6.14. The van der Waals surface area contributed by atoms with Crippen molar-refractivity contribution in [3.8, 4) is 51.7 Å². The van der Waals surface area contributed by atoms with Gasteiger partial charge in [0.05, 0.1) is 20.1 Å². The summed E-state index contributed by atoms with van der Waals surface area (Å²) in [7, 11) is 3.16. The Bertz CT molecular complexity index is 2470. The van der Waals surface area contributed by atoms with E-state index in [1.165, 1.54) is 19.6 Å². The van der Waals surface area contributed by atoms with E-state index in [0.717, 1.165) is 82.4 Å². The van der Waals surface area contributed by atoms with Gasteiger partial charge in [-0.25, -0.2) is 4.98 Å². The lowest BCUT2D eigenvalue weighted by molar-refractivity contribution is -0.141. The zero-order valence-electron chi connectivity index (χ0n) is 32.4. The number of aromatic hydroxyl groups is 2. The first-order valence-electron chi connectivity index (χ1n) is 19.7. The van der Waals surface area contributed by atoms with Crippen molar-refractivity contribution in [2.24, 2.45) is 5.92 Å². The Kier molecular flexibility index (Phi) is 9.23. The van der Waals surface area contributed by atoms with Crippen LogP contribution >= 0.6 is 0 Å². The third kappa shape index (κ3) is 6.37. The molecule has 4 aromatic carbocycles. The number of nitrogens with two attached hydrogens (primary N) is 1. The van der Waals surface area contributed by atoms with Gasteiger partial charge in [0.1, 0.15) is 41.5 Å². The number of fused-ring (bicyclic) bond motifs is 7. The van der Waals surface area contributed by atoms with Crippen LogP contribution in [-0.2, 0) is 34.2 Å². The molecule has 0 saturated heterocycles. The number of hydrogen-bond donors (Lipinski definition) is 3. The zero-order valence-corrected chi connectivity index (χ0v) is 32.4. The van der Waals surface area contributed by atoms with Gasteiger partial charge >= 0.3 is 5.97 Å². The van der Waals surface area contributed by atoms with E-state index < -0.39 is 6.10 Å². The number of nitrogen functional groups attached to an aromatic ring is 1. The SMILES string of the molecule is COc1cc2c(cc1O)CC#Cc1nc(N)ccc1[C@H](CCc1ccccc1)[C@H]1CC[C@@]3(Cc4cc(O)cc(OC)c4-c4ccc5c(c43)O[C@H]2[C@@H]5COC(C)=O)C1. The van der Waals surface area contributed by atoms with Crippen molar-refractivity contribution in [2.45, 2.75) is 75.2 Å². The lowest BCUT2D eigenvalue weighted by Gasteiger charge is -2.39. The number of hydrogen-bond acceptors (Lipinski definition) is 9. The van der Waals surface area contributed by atoms with Crippen LogP contribution in [0.15, 0.2) is 78.9 Å². The molecule has 4 N–H and O–H groups in total. The molecule has 4 bridgehead atoms. The normalized spacial score (nSPS) is 22.3. The highest BCUT2D eigenvalue weighted by atomic mass is 16.5. The monoisotopic (exact) mass is 762 g/mol. The van der Waals surface area contributed by atoms with Crippen molar-refractivity contribution in [1.82, 2.24) is 4.98 Å². The largest absolute Gasteiger partial charge is 0.508 e. The molecule has 9 rings (SSSR count). The maximum Gasteiger partial charge on any atom is 0.302 e. The van der Waals surface area contributed by atoms with Crippen LogP contribution in [0.5, 0.6) is 28.7 Å². The van der Waals surface area contributed by atoms with Gasteiger partial charge in [0.15, 0.2) is 11.5 Å². The smallest absolute Gasteiger partial charge is 0.302 e. The number of ether oxygens (including phenoxy) is 4. The Morgan fingerprint density at radius 3 is 2.54 bits per heavy atom. The second-order valence-electron chi connectivity index (χ2n) is 16.0. The Morgan fingerprint density at radius 2 is 1.75 bits per heavy atom. The molecule has 3 heterocycles. The maximum absolute atomic E-state index is 12.4.